The first-order valence-corrected chi connectivity index (χ1v) is 10.8. The van der Waals surface area contributed by atoms with Gasteiger partial charge in [0.25, 0.3) is 0 Å². The first-order valence-electron chi connectivity index (χ1n) is 10.8. The van der Waals surface area contributed by atoms with Gasteiger partial charge in [-0.3, -0.25) is 4.98 Å². The normalized spacial score (nSPS) is 11.0. The summed E-state index contributed by atoms with van der Waals surface area (Å²) in [6, 6.07) is 9.55. The second-order valence-electron chi connectivity index (χ2n) is 8.34. The van der Waals surface area contributed by atoms with Crippen LogP contribution in [-0.4, -0.2) is 46.3 Å². The molecule has 4 rings (SSSR count). The zero-order chi connectivity index (χ0) is 27.5. The molecule has 13 heteroatoms. The van der Waals surface area contributed by atoms with Gasteiger partial charge in [-0.2, -0.15) is 18.2 Å². The van der Waals surface area contributed by atoms with Crippen LogP contribution in [0.25, 0.3) is 11.1 Å². The highest BCUT2D eigenvalue weighted by atomic mass is 19.4. The van der Waals surface area contributed by atoms with Crippen LogP contribution in [0.5, 0.6) is 0 Å². The number of aliphatic carboxylic acids is 1. The van der Waals surface area contributed by atoms with Crippen LogP contribution in [-0.2, 0) is 4.79 Å². The van der Waals surface area contributed by atoms with Crippen molar-refractivity contribution in [2.24, 2.45) is 0 Å². The van der Waals surface area contributed by atoms with E-state index in [1.807, 2.05) is 33.2 Å². The van der Waals surface area contributed by atoms with Gasteiger partial charge in [0, 0.05) is 42.9 Å². The molecule has 0 fully saturated rings. The number of H-pyrrole nitrogens is 1. The van der Waals surface area contributed by atoms with Crippen molar-refractivity contribution >= 4 is 45.9 Å². The van der Waals surface area contributed by atoms with Crippen LogP contribution in [0.15, 0.2) is 45.7 Å². The molecule has 0 saturated carbocycles. The number of aromatic amines is 1. The average molecular weight is 518 g/mol. The average Bonchev–Trinajstić information content (AvgIpc) is 3.17. The summed E-state index contributed by atoms with van der Waals surface area (Å²) in [6.07, 6.45) is -3.32. The molecule has 0 spiro atoms. The van der Waals surface area contributed by atoms with Gasteiger partial charge >= 0.3 is 17.9 Å². The van der Waals surface area contributed by atoms with E-state index >= 15 is 0 Å². The number of rotatable bonds is 5. The van der Waals surface area contributed by atoms with E-state index in [0.29, 0.717) is 22.9 Å². The lowest BCUT2D eigenvalue weighted by atomic mass is 10.1. The van der Waals surface area contributed by atoms with Gasteiger partial charge in [-0.25, -0.2) is 14.6 Å². The number of aryl methyl sites for hydroxylation is 2. The Morgan fingerprint density at radius 3 is 2.35 bits per heavy atom. The number of carbonyl (C=O) groups is 1. The molecule has 4 N–H and O–H groups in total. The van der Waals surface area contributed by atoms with E-state index in [2.05, 4.69) is 56.5 Å². The Kier molecular flexibility index (Phi) is 7.75. The third kappa shape index (κ3) is 6.78. The third-order valence-corrected chi connectivity index (χ3v) is 5.27. The van der Waals surface area contributed by atoms with E-state index in [1.165, 1.54) is 11.1 Å². The van der Waals surface area contributed by atoms with Crippen molar-refractivity contribution in [2.75, 3.05) is 29.6 Å². The van der Waals surface area contributed by atoms with E-state index in [1.54, 1.807) is 12.3 Å². The summed E-state index contributed by atoms with van der Waals surface area (Å²) in [5.41, 5.74) is 7.32. The van der Waals surface area contributed by atoms with Crippen molar-refractivity contribution in [2.45, 2.75) is 26.9 Å². The molecule has 2 aromatic heterocycles. The number of aromatic nitrogens is 3. The zero-order valence-corrected chi connectivity index (χ0v) is 20.6. The summed E-state index contributed by atoms with van der Waals surface area (Å²) in [4.78, 5) is 34.1. The second kappa shape index (κ2) is 10.6. The number of anilines is 5. The highest BCUT2D eigenvalue weighted by molar-refractivity contribution is 5.78. The van der Waals surface area contributed by atoms with Gasteiger partial charge in [0.1, 0.15) is 5.82 Å². The van der Waals surface area contributed by atoms with Gasteiger partial charge in [-0.05, 0) is 62.2 Å². The monoisotopic (exact) mass is 518 g/mol. The number of nitrogens with one attached hydrogen (secondary N) is 3. The van der Waals surface area contributed by atoms with Crippen molar-refractivity contribution in [1.29, 1.82) is 0 Å². The molecule has 0 aliphatic carbocycles. The number of carboxylic acids is 1. The Bertz CT molecular complexity index is 1490. The number of halogens is 3. The van der Waals surface area contributed by atoms with Crippen molar-refractivity contribution in [3.63, 3.8) is 0 Å². The van der Waals surface area contributed by atoms with Crippen LogP contribution in [0.2, 0.25) is 0 Å². The number of oxazole rings is 1. The van der Waals surface area contributed by atoms with Crippen molar-refractivity contribution in [3.05, 3.63) is 63.8 Å². The Morgan fingerprint density at radius 1 is 1.05 bits per heavy atom. The second-order valence-corrected chi connectivity index (χ2v) is 8.34. The summed E-state index contributed by atoms with van der Waals surface area (Å²) in [6.45, 7) is 6.14. The Morgan fingerprint density at radius 2 is 1.73 bits per heavy atom. The van der Waals surface area contributed by atoms with Crippen molar-refractivity contribution in [1.82, 2.24) is 15.0 Å². The van der Waals surface area contributed by atoms with Crippen LogP contribution in [0.3, 0.4) is 0 Å². The summed E-state index contributed by atoms with van der Waals surface area (Å²) in [5.74, 6) is -2.06. The number of nitrogens with zero attached hydrogens (tertiary/aromatic N) is 3. The number of benzene rings is 2. The molecule has 2 heterocycles. The molecule has 0 bridgehead atoms. The van der Waals surface area contributed by atoms with E-state index in [9.17, 15) is 18.0 Å². The molecular weight excluding hydrogens is 493 g/mol. The SMILES string of the molecule is Cc1cnc(Nc2cc(C)c(C)c(N(C)C)c2)nc1Nc1ccc2oc(=O)[nH]c2c1.O=C(O)C(F)(F)F. The minimum atomic E-state index is -5.08. The third-order valence-electron chi connectivity index (χ3n) is 5.27. The maximum atomic E-state index is 11.4. The smallest absolute Gasteiger partial charge is 0.475 e. The largest absolute Gasteiger partial charge is 0.490 e. The fourth-order valence-corrected chi connectivity index (χ4v) is 3.30. The summed E-state index contributed by atoms with van der Waals surface area (Å²) < 4.78 is 36.8. The van der Waals surface area contributed by atoms with Gasteiger partial charge < -0.3 is 25.1 Å². The standard InChI is InChI=1S/C22H24N6O2.C2HF3O2/c1-12-8-16(10-18(14(12)3)28(4)5)25-21-23-11-13(2)20(27-21)24-15-6-7-19-17(9-15)26-22(29)30-19;3-2(4,5)1(6)7/h6-11H,1-5H3,(H,26,29)(H2,23,24,25,27);(H,6,7). The molecule has 0 aliphatic heterocycles. The number of alkyl halides is 3. The predicted molar refractivity (Wildman–Crippen MR) is 134 cm³/mol. The van der Waals surface area contributed by atoms with E-state index < -0.39 is 17.9 Å². The quantitative estimate of drug-likeness (QED) is 0.287. The molecule has 0 amide bonds. The molecule has 0 saturated heterocycles. The predicted octanol–water partition coefficient (Wildman–Crippen LogP) is 5.02. The maximum Gasteiger partial charge on any atom is 0.490 e. The van der Waals surface area contributed by atoms with Crippen LogP contribution in [0, 0.1) is 20.8 Å². The molecule has 4 aromatic rings. The number of hydrogen-bond donors (Lipinski definition) is 4. The van der Waals surface area contributed by atoms with Gasteiger partial charge in [0.15, 0.2) is 5.58 Å². The van der Waals surface area contributed by atoms with Crippen LogP contribution >= 0.6 is 0 Å². The van der Waals surface area contributed by atoms with Gasteiger partial charge in [0.05, 0.1) is 5.52 Å². The molecular formula is C24H25F3N6O4. The van der Waals surface area contributed by atoms with Gasteiger partial charge in [-0.1, -0.05) is 0 Å². The number of fused-ring (bicyclic) bond motifs is 1. The lowest BCUT2D eigenvalue weighted by Gasteiger charge is -2.19. The van der Waals surface area contributed by atoms with Gasteiger partial charge in [-0.15, -0.1) is 0 Å². The van der Waals surface area contributed by atoms with Crippen LogP contribution in [0.1, 0.15) is 16.7 Å². The Labute approximate surface area is 209 Å². The van der Waals surface area contributed by atoms with E-state index in [0.717, 1.165) is 22.6 Å². The van der Waals surface area contributed by atoms with Crippen LogP contribution < -0.4 is 21.3 Å². The molecule has 196 valence electrons. The summed E-state index contributed by atoms with van der Waals surface area (Å²) in [7, 11) is 4.06. The lowest BCUT2D eigenvalue weighted by Crippen LogP contribution is -2.21. The fraction of sp³-hybridized carbons (Fsp3) is 0.250. The highest BCUT2D eigenvalue weighted by Gasteiger charge is 2.38. The molecule has 37 heavy (non-hydrogen) atoms. The molecule has 0 radical (unpaired) electrons. The number of carboxylic acid groups (broad SMARTS) is 1. The number of hydrogen-bond acceptors (Lipinski definition) is 8. The molecule has 0 unspecified atom stereocenters. The van der Waals surface area contributed by atoms with Crippen LogP contribution in [0.4, 0.5) is 42.0 Å². The Hall–Kier alpha value is -4.55. The topological polar surface area (TPSA) is 136 Å². The summed E-state index contributed by atoms with van der Waals surface area (Å²) in [5, 5.41) is 13.7. The van der Waals surface area contributed by atoms with Crippen molar-refractivity contribution in [3.8, 4) is 0 Å². The first kappa shape index (κ1) is 27.0. The van der Waals surface area contributed by atoms with Crippen molar-refractivity contribution < 1.29 is 27.5 Å². The fourth-order valence-electron chi connectivity index (χ4n) is 3.30. The van der Waals surface area contributed by atoms with Gasteiger partial charge in [0.2, 0.25) is 5.95 Å². The minimum Gasteiger partial charge on any atom is -0.475 e. The van der Waals surface area contributed by atoms with E-state index in [-0.39, 0.29) is 0 Å². The molecule has 10 nitrogen and oxygen atoms in total. The minimum absolute atomic E-state index is 0.475. The maximum absolute atomic E-state index is 11.4. The van der Waals surface area contributed by atoms with E-state index in [4.69, 9.17) is 14.3 Å². The zero-order valence-electron chi connectivity index (χ0n) is 20.6. The highest BCUT2D eigenvalue weighted by Crippen LogP contribution is 2.28. The molecule has 0 aliphatic rings. The summed E-state index contributed by atoms with van der Waals surface area (Å²) >= 11 is 0. The molecule has 0 atom stereocenters. The first-order chi connectivity index (χ1) is 17.2. The molecule has 2 aromatic carbocycles. The lowest BCUT2D eigenvalue weighted by molar-refractivity contribution is -0.192. The Balaban J connectivity index is 0.000000479.